The van der Waals surface area contributed by atoms with Crippen molar-refractivity contribution in [3.63, 3.8) is 0 Å². The van der Waals surface area contributed by atoms with Crippen molar-refractivity contribution in [1.82, 2.24) is 4.98 Å². The van der Waals surface area contributed by atoms with Crippen LogP contribution in [0.2, 0.25) is 5.02 Å². The first-order chi connectivity index (χ1) is 7.54. The van der Waals surface area contributed by atoms with Crippen LogP contribution >= 0.6 is 11.6 Å². The number of pyridine rings is 1. The third-order valence-electron chi connectivity index (χ3n) is 1.96. The second-order valence-corrected chi connectivity index (χ2v) is 3.81. The Balaban J connectivity index is 2.86. The molecule has 86 valence electrons. The van der Waals surface area contributed by atoms with Gasteiger partial charge in [-0.3, -0.25) is 0 Å². The summed E-state index contributed by atoms with van der Waals surface area (Å²) in [6.07, 6.45) is 2.55. The van der Waals surface area contributed by atoms with Gasteiger partial charge in [-0.25, -0.2) is 9.78 Å². The molecule has 0 saturated heterocycles. The maximum absolute atomic E-state index is 10.8. The number of carboxylic acids is 1. The van der Waals surface area contributed by atoms with Crippen molar-refractivity contribution in [1.29, 1.82) is 0 Å². The molecule has 0 aliphatic carbocycles. The zero-order valence-corrected chi connectivity index (χ0v) is 9.66. The van der Waals surface area contributed by atoms with Gasteiger partial charge in [-0.1, -0.05) is 17.7 Å². The van der Waals surface area contributed by atoms with Gasteiger partial charge in [0.05, 0.1) is 5.02 Å². The van der Waals surface area contributed by atoms with Gasteiger partial charge in [0.25, 0.3) is 0 Å². The lowest BCUT2D eigenvalue weighted by Gasteiger charge is -2.12. The number of aromatic nitrogens is 1. The van der Waals surface area contributed by atoms with Crippen LogP contribution in [0.1, 0.15) is 23.8 Å². The van der Waals surface area contributed by atoms with E-state index in [1.807, 2.05) is 6.92 Å². The summed E-state index contributed by atoms with van der Waals surface area (Å²) in [7, 11) is 0. The van der Waals surface area contributed by atoms with Crippen LogP contribution in [-0.4, -0.2) is 22.1 Å². The molecule has 0 bridgehead atoms. The first kappa shape index (κ1) is 12.5. The molecule has 0 amide bonds. The summed E-state index contributed by atoms with van der Waals surface area (Å²) >= 11 is 5.70. The summed E-state index contributed by atoms with van der Waals surface area (Å²) in [6.45, 7) is 5.58. The quantitative estimate of drug-likeness (QED) is 0.777. The van der Waals surface area contributed by atoms with Gasteiger partial charge in [0.15, 0.2) is 5.69 Å². The van der Waals surface area contributed by atoms with Crippen LogP contribution in [0.3, 0.4) is 0 Å². The van der Waals surface area contributed by atoms with Crippen molar-refractivity contribution >= 4 is 23.4 Å². The first-order valence-corrected chi connectivity index (χ1v) is 5.19. The lowest BCUT2D eigenvalue weighted by atomic mass is 10.2. The zero-order chi connectivity index (χ0) is 12.1. The number of carbonyl (C=O) groups is 1. The molecule has 0 fully saturated rings. The third-order valence-corrected chi connectivity index (χ3v) is 2.27. The number of anilines is 1. The standard InChI is InChI=1S/C11H13ClN2O2/c1-3-4-7(2)13-9-6-5-8(12)10(14-9)11(15)16/h3,5-7H,1,4H2,2H3,(H,13,14)(H,15,16). The van der Waals surface area contributed by atoms with Gasteiger partial charge in [-0.15, -0.1) is 6.58 Å². The van der Waals surface area contributed by atoms with Crippen molar-refractivity contribution in [3.8, 4) is 0 Å². The van der Waals surface area contributed by atoms with Crippen LogP contribution < -0.4 is 5.32 Å². The Labute approximate surface area is 99.0 Å². The van der Waals surface area contributed by atoms with Crippen LogP contribution in [0.4, 0.5) is 5.82 Å². The number of hydrogen-bond acceptors (Lipinski definition) is 3. The normalized spacial score (nSPS) is 11.9. The number of aromatic carboxylic acids is 1. The Hall–Kier alpha value is -1.55. The van der Waals surface area contributed by atoms with Crippen LogP contribution in [-0.2, 0) is 0 Å². The lowest BCUT2D eigenvalue weighted by Crippen LogP contribution is -2.16. The molecule has 1 atom stereocenters. The Morgan fingerprint density at radius 3 is 3.00 bits per heavy atom. The predicted octanol–water partition coefficient (Wildman–Crippen LogP) is 2.81. The molecule has 5 heteroatoms. The van der Waals surface area contributed by atoms with Gasteiger partial charge in [-0.2, -0.15) is 0 Å². The molecule has 1 unspecified atom stereocenters. The molecule has 1 rings (SSSR count). The average molecular weight is 241 g/mol. The Morgan fingerprint density at radius 1 is 1.75 bits per heavy atom. The van der Waals surface area contributed by atoms with Crippen molar-refractivity contribution in [2.45, 2.75) is 19.4 Å². The monoisotopic (exact) mass is 240 g/mol. The molecular weight excluding hydrogens is 228 g/mol. The highest BCUT2D eigenvalue weighted by Gasteiger charge is 2.11. The maximum Gasteiger partial charge on any atom is 0.356 e. The van der Waals surface area contributed by atoms with Crippen LogP contribution in [0.25, 0.3) is 0 Å². The van der Waals surface area contributed by atoms with E-state index in [9.17, 15) is 4.79 Å². The Bertz CT molecular complexity index is 407. The number of rotatable bonds is 5. The van der Waals surface area contributed by atoms with E-state index in [2.05, 4.69) is 16.9 Å². The molecule has 2 N–H and O–H groups in total. The van der Waals surface area contributed by atoms with Gasteiger partial charge >= 0.3 is 5.97 Å². The van der Waals surface area contributed by atoms with E-state index < -0.39 is 5.97 Å². The fourth-order valence-corrected chi connectivity index (χ4v) is 1.42. The van der Waals surface area contributed by atoms with Crippen LogP contribution in [0.5, 0.6) is 0 Å². The SMILES string of the molecule is C=CCC(C)Nc1ccc(Cl)c(C(=O)O)n1. The van der Waals surface area contributed by atoms with E-state index in [-0.39, 0.29) is 16.8 Å². The molecule has 4 nitrogen and oxygen atoms in total. The lowest BCUT2D eigenvalue weighted by molar-refractivity contribution is 0.0691. The van der Waals surface area contributed by atoms with Gasteiger partial charge < -0.3 is 10.4 Å². The van der Waals surface area contributed by atoms with Crippen molar-refractivity contribution in [3.05, 3.63) is 35.5 Å². The molecule has 0 radical (unpaired) electrons. The second kappa shape index (κ2) is 5.51. The minimum absolute atomic E-state index is 0.134. The van der Waals surface area contributed by atoms with Crippen LogP contribution in [0, 0.1) is 0 Å². The van der Waals surface area contributed by atoms with E-state index >= 15 is 0 Å². The molecular formula is C11H13ClN2O2. The first-order valence-electron chi connectivity index (χ1n) is 4.82. The molecule has 1 heterocycles. The molecule has 1 aromatic heterocycles. The number of nitrogens with one attached hydrogen (secondary N) is 1. The maximum atomic E-state index is 10.8. The van der Waals surface area contributed by atoms with Gasteiger partial charge in [0, 0.05) is 6.04 Å². The fourth-order valence-electron chi connectivity index (χ4n) is 1.23. The highest BCUT2D eigenvalue weighted by atomic mass is 35.5. The average Bonchev–Trinajstić information content (AvgIpc) is 2.21. The van der Waals surface area contributed by atoms with E-state index in [4.69, 9.17) is 16.7 Å². The molecule has 0 aliphatic heterocycles. The van der Waals surface area contributed by atoms with Gasteiger partial charge in [0.1, 0.15) is 5.82 Å². The predicted molar refractivity (Wildman–Crippen MR) is 64.1 cm³/mol. The van der Waals surface area contributed by atoms with Gasteiger partial charge in [0.2, 0.25) is 0 Å². The molecule has 1 aromatic rings. The molecule has 0 saturated carbocycles. The number of halogens is 1. The van der Waals surface area contributed by atoms with Crippen molar-refractivity contribution < 1.29 is 9.90 Å². The summed E-state index contributed by atoms with van der Waals surface area (Å²) in [5.74, 6) is -0.638. The summed E-state index contributed by atoms with van der Waals surface area (Å²) in [5.41, 5.74) is -0.141. The highest BCUT2D eigenvalue weighted by Crippen LogP contribution is 2.17. The topological polar surface area (TPSA) is 62.2 Å². The zero-order valence-electron chi connectivity index (χ0n) is 8.90. The Kier molecular flexibility index (Phi) is 4.31. The second-order valence-electron chi connectivity index (χ2n) is 3.40. The molecule has 0 aliphatic rings. The van der Waals surface area contributed by atoms with Crippen molar-refractivity contribution in [2.75, 3.05) is 5.32 Å². The van der Waals surface area contributed by atoms with Crippen molar-refractivity contribution in [2.24, 2.45) is 0 Å². The summed E-state index contributed by atoms with van der Waals surface area (Å²) in [4.78, 5) is 14.7. The minimum atomic E-state index is -1.13. The van der Waals surface area contributed by atoms with E-state index in [0.29, 0.717) is 5.82 Å². The van der Waals surface area contributed by atoms with E-state index in [1.165, 1.54) is 6.07 Å². The minimum Gasteiger partial charge on any atom is -0.476 e. The number of hydrogen-bond donors (Lipinski definition) is 2. The fraction of sp³-hybridized carbons (Fsp3) is 0.273. The summed E-state index contributed by atoms with van der Waals surface area (Å²) < 4.78 is 0. The van der Waals surface area contributed by atoms with Gasteiger partial charge in [-0.05, 0) is 25.5 Å². The number of nitrogens with zero attached hydrogens (tertiary/aromatic N) is 1. The summed E-state index contributed by atoms with van der Waals surface area (Å²) in [6, 6.07) is 3.31. The van der Waals surface area contributed by atoms with E-state index in [0.717, 1.165) is 6.42 Å². The molecule has 0 aromatic carbocycles. The van der Waals surface area contributed by atoms with E-state index in [1.54, 1.807) is 12.1 Å². The highest BCUT2D eigenvalue weighted by molar-refractivity contribution is 6.33. The smallest absolute Gasteiger partial charge is 0.356 e. The largest absolute Gasteiger partial charge is 0.476 e. The Morgan fingerprint density at radius 2 is 2.44 bits per heavy atom. The molecule has 16 heavy (non-hydrogen) atoms. The molecule has 0 spiro atoms. The third kappa shape index (κ3) is 3.24. The summed E-state index contributed by atoms with van der Waals surface area (Å²) in [5, 5.41) is 12.0. The van der Waals surface area contributed by atoms with Crippen LogP contribution in [0.15, 0.2) is 24.8 Å². The number of carboxylic acid groups (broad SMARTS) is 1.